The zero-order valence-corrected chi connectivity index (χ0v) is 11.7. The molecule has 0 saturated heterocycles. The molecule has 0 unspecified atom stereocenters. The highest BCUT2D eigenvalue weighted by atomic mass is 16.4. The van der Waals surface area contributed by atoms with Crippen molar-refractivity contribution in [2.75, 3.05) is 18.0 Å². The fraction of sp³-hybridized carbons (Fsp3) is 0.167. The largest absolute Gasteiger partial charge is 0.423 e. The van der Waals surface area contributed by atoms with E-state index in [0.717, 1.165) is 36.6 Å². The molecule has 21 heavy (non-hydrogen) atoms. The molecule has 0 bridgehead atoms. The summed E-state index contributed by atoms with van der Waals surface area (Å²) in [6, 6.07) is 19.2. The zero-order valence-electron chi connectivity index (χ0n) is 11.7. The highest BCUT2D eigenvalue weighted by Crippen LogP contribution is 2.27. The van der Waals surface area contributed by atoms with Gasteiger partial charge >= 0.3 is 0 Å². The van der Waals surface area contributed by atoms with Gasteiger partial charge in [0.15, 0.2) is 5.58 Å². The maximum atomic E-state index is 5.83. The molecule has 2 heterocycles. The molecule has 3 aromatic rings. The number of rotatable bonds is 2. The van der Waals surface area contributed by atoms with Crippen LogP contribution in [0, 0.1) is 0 Å². The predicted molar refractivity (Wildman–Crippen MR) is 85.3 cm³/mol. The van der Waals surface area contributed by atoms with Crippen molar-refractivity contribution in [3.05, 3.63) is 66.2 Å². The maximum Gasteiger partial charge on any atom is 0.298 e. The van der Waals surface area contributed by atoms with E-state index in [1.807, 2.05) is 24.3 Å². The Labute approximate surface area is 123 Å². The first-order valence-corrected chi connectivity index (χ1v) is 7.25. The first-order valence-electron chi connectivity index (χ1n) is 7.25. The molecule has 3 heteroatoms. The zero-order chi connectivity index (χ0) is 14.1. The Bertz CT molecular complexity index is 756. The molecule has 0 atom stereocenters. The first-order chi connectivity index (χ1) is 10.4. The van der Waals surface area contributed by atoms with E-state index in [9.17, 15) is 0 Å². The highest BCUT2D eigenvalue weighted by Gasteiger charge is 2.17. The average molecular weight is 276 g/mol. The van der Waals surface area contributed by atoms with Crippen LogP contribution in [0.5, 0.6) is 0 Å². The topological polar surface area (TPSA) is 29.3 Å². The van der Waals surface area contributed by atoms with Crippen LogP contribution >= 0.6 is 0 Å². The van der Waals surface area contributed by atoms with E-state index in [1.54, 1.807) is 0 Å². The summed E-state index contributed by atoms with van der Waals surface area (Å²) in [5, 5.41) is 0. The van der Waals surface area contributed by atoms with Gasteiger partial charge in [0.05, 0.1) is 0 Å². The van der Waals surface area contributed by atoms with Crippen LogP contribution in [0.2, 0.25) is 0 Å². The second kappa shape index (κ2) is 5.09. The van der Waals surface area contributed by atoms with Gasteiger partial charge in [-0.2, -0.15) is 4.98 Å². The molecule has 0 aliphatic carbocycles. The van der Waals surface area contributed by atoms with Crippen molar-refractivity contribution in [3.8, 4) is 0 Å². The van der Waals surface area contributed by atoms with Gasteiger partial charge in [-0.1, -0.05) is 48.5 Å². The van der Waals surface area contributed by atoms with E-state index < -0.39 is 0 Å². The van der Waals surface area contributed by atoms with Crippen molar-refractivity contribution in [2.24, 2.45) is 0 Å². The highest BCUT2D eigenvalue weighted by molar-refractivity contribution is 5.75. The summed E-state index contributed by atoms with van der Waals surface area (Å²) < 4.78 is 5.83. The van der Waals surface area contributed by atoms with Crippen LogP contribution in [-0.4, -0.2) is 18.1 Å². The van der Waals surface area contributed by atoms with Crippen LogP contribution in [0.1, 0.15) is 12.0 Å². The number of para-hydroxylation sites is 2. The fourth-order valence-electron chi connectivity index (χ4n) is 2.75. The van der Waals surface area contributed by atoms with Gasteiger partial charge in [-0.05, 0) is 29.7 Å². The van der Waals surface area contributed by atoms with Gasteiger partial charge in [0.25, 0.3) is 6.01 Å². The molecule has 0 saturated carbocycles. The Morgan fingerprint density at radius 1 is 0.952 bits per heavy atom. The third kappa shape index (κ3) is 2.31. The summed E-state index contributed by atoms with van der Waals surface area (Å²) in [6.45, 7) is 1.78. The normalized spacial score (nSPS) is 15.2. The molecule has 0 N–H and O–H groups in total. The molecule has 0 radical (unpaired) electrons. The molecule has 104 valence electrons. The van der Waals surface area contributed by atoms with Crippen molar-refractivity contribution in [3.63, 3.8) is 0 Å². The Morgan fingerprint density at radius 3 is 2.52 bits per heavy atom. The Morgan fingerprint density at radius 2 is 1.76 bits per heavy atom. The molecule has 0 spiro atoms. The van der Waals surface area contributed by atoms with Crippen LogP contribution in [0.4, 0.5) is 6.01 Å². The number of oxazole rings is 1. The molecule has 4 rings (SSSR count). The molecule has 1 aliphatic heterocycles. The van der Waals surface area contributed by atoms with Crippen LogP contribution in [0.15, 0.2) is 65.1 Å². The van der Waals surface area contributed by atoms with E-state index in [0.29, 0.717) is 0 Å². The van der Waals surface area contributed by atoms with Crippen molar-refractivity contribution in [1.29, 1.82) is 0 Å². The van der Waals surface area contributed by atoms with Crippen LogP contribution < -0.4 is 4.90 Å². The monoisotopic (exact) mass is 276 g/mol. The molecule has 3 nitrogen and oxygen atoms in total. The lowest BCUT2D eigenvalue weighted by Gasteiger charge is -2.24. The summed E-state index contributed by atoms with van der Waals surface area (Å²) in [4.78, 5) is 6.75. The number of hydrogen-bond donors (Lipinski definition) is 0. The van der Waals surface area contributed by atoms with Crippen LogP contribution in [0.3, 0.4) is 0 Å². The molecule has 0 fully saturated rings. The van der Waals surface area contributed by atoms with Gasteiger partial charge in [-0.25, -0.2) is 0 Å². The first kappa shape index (κ1) is 12.2. The van der Waals surface area contributed by atoms with Crippen molar-refractivity contribution >= 4 is 22.7 Å². The Kier molecular flexibility index (Phi) is 2.96. The molecular weight excluding hydrogens is 260 g/mol. The standard InChI is InChI=1S/C18H16N2O/c1-2-6-14(7-3-1)15-10-12-20(13-11-15)18-19-16-8-4-5-9-17(16)21-18/h1-10H,11-13H2. The summed E-state index contributed by atoms with van der Waals surface area (Å²) >= 11 is 0. The van der Waals surface area contributed by atoms with Crippen molar-refractivity contribution in [1.82, 2.24) is 4.98 Å². The lowest BCUT2D eigenvalue weighted by atomic mass is 10.00. The minimum atomic E-state index is 0.722. The van der Waals surface area contributed by atoms with E-state index in [2.05, 4.69) is 46.3 Å². The molecule has 0 amide bonds. The van der Waals surface area contributed by atoms with Gasteiger partial charge in [-0.3, -0.25) is 0 Å². The number of hydrogen-bond acceptors (Lipinski definition) is 3. The van der Waals surface area contributed by atoms with Gasteiger partial charge < -0.3 is 9.32 Å². The summed E-state index contributed by atoms with van der Waals surface area (Å²) in [5.74, 6) is 0. The van der Waals surface area contributed by atoms with Gasteiger partial charge in [-0.15, -0.1) is 0 Å². The SMILES string of the molecule is C1=C(c2ccccc2)CCN(c2nc3ccccc3o2)C1. The maximum absolute atomic E-state index is 5.83. The van der Waals surface area contributed by atoms with Crippen LogP contribution in [0.25, 0.3) is 16.7 Å². The van der Waals surface area contributed by atoms with E-state index in [4.69, 9.17) is 4.42 Å². The third-order valence-electron chi connectivity index (χ3n) is 3.91. The number of aromatic nitrogens is 1. The van der Waals surface area contributed by atoms with Gasteiger partial charge in [0.2, 0.25) is 0 Å². The Hall–Kier alpha value is -2.55. The van der Waals surface area contributed by atoms with E-state index >= 15 is 0 Å². The quantitative estimate of drug-likeness (QED) is 0.705. The summed E-state index contributed by atoms with van der Waals surface area (Å²) in [6.07, 6.45) is 3.29. The second-order valence-electron chi connectivity index (χ2n) is 5.26. The van der Waals surface area contributed by atoms with E-state index in [1.165, 1.54) is 11.1 Å². The van der Waals surface area contributed by atoms with Crippen molar-refractivity contribution in [2.45, 2.75) is 6.42 Å². The Balaban J connectivity index is 1.58. The molecular formula is C18H16N2O. The summed E-state index contributed by atoms with van der Waals surface area (Å²) in [7, 11) is 0. The lowest BCUT2D eigenvalue weighted by molar-refractivity contribution is 0.574. The summed E-state index contributed by atoms with van der Waals surface area (Å²) in [5.41, 5.74) is 4.49. The predicted octanol–water partition coefficient (Wildman–Crippen LogP) is 4.12. The minimum absolute atomic E-state index is 0.722. The van der Waals surface area contributed by atoms with Gasteiger partial charge in [0, 0.05) is 13.1 Å². The molecule has 1 aliphatic rings. The smallest absolute Gasteiger partial charge is 0.298 e. The molecule has 2 aromatic carbocycles. The molecule has 1 aromatic heterocycles. The number of benzene rings is 2. The minimum Gasteiger partial charge on any atom is -0.423 e. The van der Waals surface area contributed by atoms with E-state index in [-0.39, 0.29) is 0 Å². The number of nitrogens with zero attached hydrogens (tertiary/aromatic N) is 2. The van der Waals surface area contributed by atoms with Gasteiger partial charge in [0.1, 0.15) is 5.52 Å². The third-order valence-corrected chi connectivity index (χ3v) is 3.91. The van der Waals surface area contributed by atoms with Crippen LogP contribution in [-0.2, 0) is 0 Å². The average Bonchev–Trinajstić information content (AvgIpc) is 3.00. The number of fused-ring (bicyclic) bond motifs is 1. The van der Waals surface area contributed by atoms with Crippen molar-refractivity contribution < 1.29 is 4.42 Å². The number of anilines is 1. The fourth-order valence-corrected chi connectivity index (χ4v) is 2.75. The lowest BCUT2D eigenvalue weighted by Crippen LogP contribution is -2.28. The second-order valence-corrected chi connectivity index (χ2v) is 5.26.